The number of hydrogen-bond donors (Lipinski definition) is 2. The highest BCUT2D eigenvalue weighted by atomic mass is 35.5. The van der Waals surface area contributed by atoms with Gasteiger partial charge in [-0.2, -0.15) is 0 Å². The van der Waals surface area contributed by atoms with Gasteiger partial charge in [0.2, 0.25) is 0 Å². The van der Waals surface area contributed by atoms with Gasteiger partial charge in [0, 0.05) is 17.1 Å². The second kappa shape index (κ2) is 5.94. The van der Waals surface area contributed by atoms with Gasteiger partial charge in [0.15, 0.2) is 0 Å². The van der Waals surface area contributed by atoms with Crippen LogP contribution in [0.4, 0.5) is 5.69 Å². The molecule has 1 aromatic rings. The van der Waals surface area contributed by atoms with Crippen LogP contribution in [0.5, 0.6) is 0 Å². The van der Waals surface area contributed by atoms with E-state index >= 15 is 0 Å². The lowest BCUT2D eigenvalue weighted by atomic mass is 10.1. The molecule has 0 bridgehead atoms. The highest BCUT2D eigenvalue weighted by Crippen LogP contribution is 2.26. The van der Waals surface area contributed by atoms with E-state index in [0.717, 1.165) is 18.7 Å². The first-order valence-corrected chi connectivity index (χ1v) is 6.85. The molecule has 0 spiro atoms. The summed E-state index contributed by atoms with van der Waals surface area (Å²) in [6.45, 7) is 3.34. The van der Waals surface area contributed by atoms with Crippen molar-refractivity contribution in [1.82, 2.24) is 5.32 Å². The van der Waals surface area contributed by atoms with Gasteiger partial charge in [0.05, 0.1) is 10.7 Å². The Morgan fingerprint density at radius 2 is 2.29 bits per heavy atom. The molecule has 2 atom stereocenters. The lowest BCUT2D eigenvalue weighted by Gasteiger charge is -2.20. The Morgan fingerprint density at radius 3 is 2.94 bits per heavy atom. The van der Waals surface area contributed by atoms with Crippen molar-refractivity contribution >= 4 is 28.9 Å². The Bertz CT molecular complexity index is 376. The number of halogens is 2. The summed E-state index contributed by atoms with van der Waals surface area (Å²) in [5.41, 5.74) is 0.960. The molecule has 0 saturated carbocycles. The molecule has 17 heavy (non-hydrogen) atoms. The molecule has 94 valence electrons. The molecule has 2 N–H and O–H groups in total. The Kier molecular flexibility index (Phi) is 4.55. The molecule has 0 radical (unpaired) electrons. The van der Waals surface area contributed by atoms with E-state index in [9.17, 15) is 0 Å². The second-order valence-corrected chi connectivity index (χ2v) is 5.54. The smallest absolute Gasteiger partial charge is 0.0652 e. The average Bonchev–Trinajstić information content (AvgIpc) is 2.75. The van der Waals surface area contributed by atoms with Gasteiger partial charge < -0.3 is 10.6 Å². The first kappa shape index (κ1) is 13.0. The van der Waals surface area contributed by atoms with Gasteiger partial charge in [0.1, 0.15) is 0 Å². The largest absolute Gasteiger partial charge is 0.381 e. The lowest BCUT2D eigenvalue weighted by molar-refractivity contribution is 0.523. The Morgan fingerprint density at radius 1 is 1.47 bits per heavy atom. The fraction of sp³-hybridized carbons (Fsp3) is 0.538. The molecule has 2 unspecified atom stereocenters. The summed E-state index contributed by atoms with van der Waals surface area (Å²) in [7, 11) is 0. The highest BCUT2D eigenvalue weighted by Gasteiger charge is 2.17. The van der Waals surface area contributed by atoms with Crippen molar-refractivity contribution in [2.24, 2.45) is 0 Å². The first-order valence-electron chi connectivity index (χ1n) is 6.10. The number of nitrogens with one attached hydrogen (secondary N) is 2. The van der Waals surface area contributed by atoms with Crippen LogP contribution in [0.3, 0.4) is 0 Å². The van der Waals surface area contributed by atoms with Crippen LogP contribution in [0, 0.1) is 0 Å². The van der Waals surface area contributed by atoms with Gasteiger partial charge >= 0.3 is 0 Å². The monoisotopic (exact) mass is 272 g/mol. The van der Waals surface area contributed by atoms with Crippen LogP contribution in [0.2, 0.25) is 10.0 Å². The van der Waals surface area contributed by atoms with E-state index in [4.69, 9.17) is 23.2 Å². The minimum absolute atomic E-state index is 0.407. The van der Waals surface area contributed by atoms with E-state index in [1.165, 1.54) is 12.8 Å². The van der Waals surface area contributed by atoms with Crippen molar-refractivity contribution in [3.8, 4) is 0 Å². The molecule has 1 aromatic carbocycles. The van der Waals surface area contributed by atoms with Crippen molar-refractivity contribution in [2.45, 2.75) is 38.3 Å². The summed E-state index contributed by atoms with van der Waals surface area (Å²) in [5, 5.41) is 8.29. The standard InChI is InChI=1S/C13H18Cl2N2/c1-9(7-11-3-2-6-16-11)17-13-5-4-10(14)8-12(13)15/h4-5,8-9,11,16-17H,2-3,6-7H2,1H3. The number of rotatable bonds is 4. The first-order chi connectivity index (χ1) is 8.15. The molecule has 0 aliphatic carbocycles. The SMILES string of the molecule is CC(CC1CCCN1)Nc1ccc(Cl)cc1Cl. The van der Waals surface area contributed by atoms with Crippen molar-refractivity contribution in [1.29, 1.82) is 0 Å². The summed E-state index contributed by atoms with van der Waals surface area (Å²) in [6, 6.07) is 6.61. The van der Waals surface area contributed by atoms with E-state index in [1.54, 1.807) is 6.07 Å². The van der Waals surface area contributed by atoms with Crippen LogP contribution < -0.4 is 10.6 Å². The third-order valence-electron chi connectivity index (χ3n) is 3.13. The minimum atomic E-state index is 0.407. The number of anilines is 1. The van der Waals surface area contributed by atoms with Gasteiger partial charge in [0.25, 0.3) is 0 Å². The van der Waals surface area contributed by atoms with Crippen LogP contribution in [0.15, 0.2) is 18.2 Å². The molecule has 1 saturated heterocycles. The molecule has 1 fully saturated rings. The Labute approximate surface area is 113 Å². The molecule has 1 aliphatic rings. The molecular weight excluding hydrogens is 255 g/mol. The fourth-order valence-electron chi connectivity index (χ4n) is 2.32. The molecule has 2 rings (SSSR count). The van der Waals surface area contributed by atoms with Crippen molar-refractivity contribution < 1.29 is 0 Å². The van der Waals surface area contributed by atoms with Crippen molar-refractivity contribution in [3.05, 3.63) is 28.2 Å². The molecule has 0 aromatic heterocycles. The summed E-state index contributed by atoms with van der Waals surface area (Å²) < 4.78 is 0. The van der Waals surface area contributed by atoms with E-state index in [-0.39, 0.29) is 0 Å². The van der Waals surface area contributed by atoms with E-state index in [2.05, 4.69) is 17.6 Å². The Hall–Kier alpha value is -0.440. The van der Waals surface area contributed by atoms with Crippen LogP contribution in [0.1, 0.15) is 26.2 Å². The molecule has 4 heteroatoms. The summed E-state index contributed by atoms with van der Waals surface area (Å²) >= 11 is 12.0. The number of hydrogen-bond acceptors (Lipinski definition) is 2. The van der Waals surface area contributed by atoms with Crippen LogP contribution in [-0.4, -0.2) is 18.6 Å². The third-order valence-corrected chi connectivity index (χ3v) is 3.68. The average molecular weight is 273 g/mol. The lowest BCUT2D eigenvalue weighted by Crippen LogP contribution is -2.29. The van der Waals surface area contributed by atoms with Gasteiger partial charge in [-0.25, -0.2) is 0 Å². The Balaban J connectivity index is 1.90. The second-order valence-electron chi connectivity index (χ2n) is 4.70. The van der Waals surface area contributed by atoms with E-state index in [0.29, 0.717) is 22.1 Å². The highest BCUT2D eigenvalue weighted by molar-refractivity contribution is 6.36. The quantitative estimate of drug-likeness (QED) is 0.868. The van der Waals surface area contributed by atoms with Gasteiger partial charge in [-0.3, -0.25) is 0 Å². The molecule has 2 nitrogen and oxygen atoms in total. The summed E-state index contributed by atoms with van der Waals surface area (Å²) in [4.78, 5) is 0. The van der Waals surface area contributed by atoms with E-state index in [1.807, 2.05) is 12.1 Å². The third kappa shape index (κ3) is 3.77. The predicted molar refractivity (Wildman–Crippen MR) is 75.2 cm³/mol. The minimum Gasteiger partial charge on any atom is -0.381 e. The summed E-state index contributed by atoms with van der Waals surface area (Å²) in [5.74, 6) is 0. The molecule has 0 amide bonds. The molecular formula is C13H18Cl2N2. The maximum absolute atomic E-state index is 6.13. The molecule has 1 aliphatic heterocycles. The van der Waals surface area contributed by atoms with Crippen molar-refractivity contribution in [3.63, 3.8) is 0 Å². The van der Waals surface area contributed by atoms with Crippen LogP contribution in [-0.2, 0) is 0 Å². The fourth-order valence-corrected chi connectivity index (χ4v) is 2.78. The van der Waals surface area contributed by atoms with Crippen LogP contribution in [0.25, 0.3) is 0 Å². The van der Waals surface area contributed by atoms with E-state index < -0.39 is 0 Å². The topological polar surface area (TPSA) is 24.1 Å². The zero-order valence-corrected chi connectivity index (χ0v) is 11.5. The van der Waals surface area contributed by atoms with Crippen molar-refractivity contribution in [2.75, 3.05) is 11.9 Å². The maximum atomic E-state index is 6.13. The van der Waals surface area contributed by atoms with Gasteiger partial charge in [-0.1, -0.05) is 23.2 Å². The summed E-state index contributed by atoms with van der Waals surface area (Å²) in [6.07, 6.45) is 3.69. The number of benzene rings is 1. The normalized spacial score (nSPS) is 21.5. The predicted octanol–water partition coefficient (Wildman–Crippen LogP) is 3.94. The van der Waals surface area contributed by atoms with Gasteiger partial charge in [-0.05, 0) is 50.9 Å². The maximum Gasteiger partial charge on any atom is 0.0652 e. The van der Waals surface area contributed by atoms with Crippen LogP contribution >= 0.6 is 23.2 Å². The zero-order valence-electron chi connectivity index (χ0n) is 9.97. The molecule has 1 heterocycles. The van der Waals surface area contributed by atoms with Gasteiger partial charge in [-0.15, -0.1) is 0 Å². The zero-order chi connectivity index (χ0) is 12.3.